The molecule has 0 spiro atoms. The van der Waals surface area contributed by atoms with Crippen LogP contribution >= 0.6 is 23.2 Å². The fourth-order valence-corrected chi connectivity index (χ4v) is 2.12. The smallest absolute Gasteiger partial charge is 0.322 e. The second-order valence-corrected chi connectivity index (χ2v) is 5.09. The van der Waals surface area contributed by atoms with Crippen molar-refractivity contribution in [2.24, 2.45) is 0 Å². The molecule has 0 saturated carbocycles. The van der Waals surface area contributed by atoms with Gasteiger partial charge in [0.05, 0.1) is 16.7 Å². The molecule has 0 aliphatic rings. The molecule has 0 radical (unpaired) electrons. The number of carbonyl (C=O) groups excluding carboxylic acids is 1. The summed E-state index contributed by atoms with van der Waals surface area (Å²) in [5, 5.41) is 4.28. The fourth-order valence-electron chi connectivity index (χ4n) is 1.82. The Morgan fingerprint density at radius 3 is 2.53 bits per heavy atom. The summed E-state index contributed by atoms with van der Waals surface area (Å²) >= 11 is 11.9. The van der Waals surface area contributed by atoms with Crippen LogP contribution in [0.1, 0.15) is 38.8 Å². The SMILES string of the molecule is CCOC(=O)C(C)NC(CC)c1ccc(Cl)c(Cl)c1. The van der Waals surface area contributed by atoms with Gasteiger partial charge in [-0.05, 0) is 38.0 Å². The van der Waals surface area contributed by atoms with E-state index in [9.17, 15) is 4.79 Å². The average molecular weight is 304 g/mol. The normalized spacial score (nSPS) is 13.9. The van der Waals surface area contributed by atoms with E-state index in [-0.39, 0.29) is 18.1 Å². The number of esters is 1. The summed E-state index contributed by atoms with van der Waals surface area (Å²) in [6.07, 6.45) is 0.835. The molecule has 0 fully saturated rings. The first-order valence-electron chi connectivity index (χ1n) is 6.37. The molecular formula is C14H19Cl2NO2. The van der Waals surface area contributed by atoms with Crippen LogP contribution in [0.15, 0.2) is 18.2 Å². The standard InChI is InChI=1S/C14H19Cl2NO2/c1-4-13(17-9(3)14(18)19-5-2)10-6-7-11(15)12(16)8-10/h6-9,13,17H,4-5H2,1-3H3. The van der Waals surface area contributed by atoms with Crippen molar-refractivity contribution in [1.82, 2.24) is 5.32 Å². The van der Waals surface area contributed by atoms with Crippen molar-refractivity contribution >= 4 is 29.2 Å². The highest BCUT2D eigenvalue weighted by Crippen LogP contribution is 2.27. The van der Waals surface area contributed by atoms with Crippen molar-refractivity contribution in [3.63, 3.8) is 0 Å². The van der Waals surface area contributed by atoms with Gasteiger partial charge < -0.3 is 4.74 Å². The highest BCUT2D eigenvalue weighted by Gasteiger charge is 2.19. The number of ether oxygens (including phenoxy) is 1. The number of halogens is 2. The first kappa shape index (κ1) is 16.3. The maximum atomic E-state index is 11.6. The third kappa shape index (κ3) is 4.68. The van der Waals surface area contributed by atoms with Crippen LogP contribution in [-0.4, -0.2) is 18.6 Å². The lowest BCUT2D eigenvalue weighted by atomic mass is 10.0. The fraction of sp³-hybridized carbons (Fsp3) is 0.500. The largest absolute Gasteiger partial charge is 0.465 e. The van der Waals surface area contributed by atoms with Gasteiger partial charge in [-0.25, -0.2) is 0 Å². The molecule has 0 aliphatic heterocycles. The molecule has 1 aromatic rings. The summed E-state index contributed by atoms with van der Waals surface area (Å²) in [5.41, 5.74) is 1.01. The Balaban J connectivity index is 2.77. The minimum Gasteiger partial charge on any atom is -0.465 e. The molecule has 1 rings (SSSR count). The highest BCUT2D eigenvalue weighted by atomic mass is 35.5. The van der Waals surface area contributed by atoms with Crippen LogP contribution < -0.4 is 5.32 Å². The molecule has 0 aromatic heterocycles. The van der Waals surface area contributed by atoms with Crippen molar-refractivity contribution in [3.8, 4) is 0 Å². The van der Waals surface area contributed by atoms with Crippen molar-refractivity contribution < 1.29 is 9.53 Å². The number of benzene rings is 1. The Morgan fingerprint density at radius 2 is 2.00 bits per heavy atom. The Kier molecular flexibility index (Phi) is 6.63. The van der Waals surface area contributed by atoms with Crippen molar-refractivity contribution in [2.75, 3.05) is 6.61 Å². The van der Waals surface area contributed by atoms with Gasteiger partial charge in [0.1, 0.15) is 6.04 Å². The number of nitrogens with one attached hydrogen (secondary N) is 1. The maximum absolute atomic E-state index is 11.6. The summed E-state index contributed by atoms with van der Waals surface area (Å²) in [6.45, 7) is 6.01. The van der Waals surface area contributed by atoms with Gasteiger partial charge in [0.2, 0.25) is 0 Å². The molecule has 5 heteroatoms. The van der Waals surface area contributed by atoms with E-state index in [1.165, 1.54) is 0 Å². The summed E-state index contributed by atoms with van der Waals surface area (Å²) in [5.74, 6) is -0.249. The summed E-state index contributed by atoms with van der Waals surface area (Å²) in [6, 6.07) is 5.17. The maximum Gasteiger partial charge on any atom is 0.322 e. The second kappa shape index (κ2) is 7.73. The van der Waals surface area contributed by atoms with E-state index < -0.39 is 0 Å². The van der Waals surface area contributed by atoms with E-state index >= 15 is 0 Å². The van der Waals surface area contributed by atoms with Crippen LogP contribution in [0.4, 0.5) is 0 Å². The van der Waals surface area contributed by atoms with Crippen molar-refractivity contribution in [1.29, 1.82) is 0 Å². The van der Waals surface area contributed by atoms with Crippen molar-refractivity contribution in [3.05, 3.63) is 33.8 Å². The molecule has 3 nitrogen and oxygen atoms in total. The lowest BCUT2D eigenvalue weighted by molar-refractivity contribution is -0.145. The van der Waals surface area contributed by atoms with Gasteiger partial charge in [-0.2, -0.15) is 0 Å². The molecule has 0 heterocycles. The summed E-state index contributed by atoms with van der Waals surface area (Å²) in [4.78, 5) is 11.6. The monoisotopic (exact) mass is 303 g/mol. The highest BCUT2D eigenvalue weighted by molar-refractivity contribution is 6.42. The van der Waals surface area contributed by atoms with Crippen LogP contribution in [0, 0.1) is 0 Å². The predicted octanol–water partition coefficient (Wildman–Crippen LogP) is 3.99. The number of hydrogen-bond acceptors (Lipinski definition) is 3. The molecule has 2 unspecified atom stereocenters. The lowest BCUT2D eigenvalue weighted by Gasteiger charge is -2.22. The summed E-state index contributed by atoms with van der Waals surface area (Å²) < 4.78 is 4.98. The van der Waals surface area contributed by atoms with Crippen LogP contribution in [-0.2, 0) is 9.53 Å². The third-order valence-electron chi connectivity index (χ3n) is 2.85. The molecule has 0 bridgehead atoms. The van der Waals surface area contributed by atoms with E-state index in [0.29, 0.717) is 16.7 Å². The Hall–Kier alpha value is -0.770. The summed E-state index contributed by atoms with van der Waals surface area (Å²) in [7, 11) is 0. The molecule has 0 saturated heterocycles. The van der Waals surface area contributed by atoms with Crippen molar-refractivity contribution in [2.45, 2.75) is 39.3 Å². The van der Waals surface area contributed by atoms with Gasteiger partial charge in [-0.15, -0.1) is 0 Å². The molecule has 106 valence electrons. The zero-order valence-corrected chi connectivity index (χ0v) is 12.9. The van der Waals surface area contributed by atoms with E-state index in [0.717, 1.165) is 12.0 Å². The molecule has 0 aliphatic carbocycles. The van der Waals surface area contributed by atoms with E-state index in [2.05, 4.69) is 5.32 Å². The molecule has 2 atom stereocenters. The van der Waals surface area contributed by atoms with Gasteiger partial charge >= 0.3 is 5.97 Å². The van der Waals surface area contributed by atoms with Gasteiger partial charge in [-0.1, -0.05) is 36.2 Å². The molecule has 1 aromatic carbocycles. The first-order valence-corrected chi connectivity index (χ1v) is 7.12. The van der Waals surface area contributed by atoms with Crippen LogP contribution in [0.5, 0.6) is 0 Å². The van der Waals surface area contributed by atoms with Gasteiger partial charge in [0.25, 0.3) is 0 Å². The van der Waals surface area contributed by atoms with Crippen LogP contribution in [0.3, 0.4) is 0 Å². The first-order chi connectivity index (χ1) is 8.99. The zero-order valence-electron chi connectivity index (χ0n) is 11.4. The lowest BCUT2D eigenvalue weighted by Crippen LogP contribution is -2.37. The Morgan fingerprint density at radius 1 is 1.32 bits per heavy atom. The molecule has 19 heavy (non-hydrogen) atoms. The average Bonchev–Trinajstić information content (AvgIpc) is 2.39. The molecule has 1 N–H and O–H groups in total. The van der Waals surface area contributed by atoms with Gasteiger partial charge in [0.15, 0.2) is 0 Å². The minimum absolute atomic E-state index is 0.0363. The van der Waals surface area contributed by atoms with Crippen LogP contribution in [0.25, 0.3) is 0 Å². The van der Waals surface area contributed by atoms with E-state index in [1.807, 2.05) is 19.1 Å². The number of hydrogen-bond donors (Lipinski definition) is 1. The number of rotatable bonds is 6. The Bertz CT molecular complexity index is 437. The second-order valence-electron chi connectivity index (χ2n) is 4.27. The Labute approximate surface area is 124 Å². The van der Waals surface area contributed by atoms with E-state index in [1.54, 1.807) is 19.9 Å². The van der Waals surface area contributed by atoms with Crippen LogP contribution in [0.2, 0.25) is 10.0 Å². The molecular weight excluding hydrogens is 285 g/mol. The van der Waals surface area contributed by atoms with Gasteiger partial charge in [0, 0.05) is 6.04 Å². The zero-order chi connectivity index (χ0) is 14.4. The predicted molar refractivity (Wildman–Crippen MR) is 78.7 cm³/mol. The third-order valence-corrected chi connectivity index (χ3v) is 3.58. The van der Waals surface area contributed by atoms with E-state index in [4.69, 9.17) is 27.9 Å². The number of carbonyl (C=O) groups is 1. The molecule has 0 amide bonds. The quantitative estimate of drug-likeness (QED) is 0.808. The van der Waals surface area contributed by atoms with Gasteiger partial charge in [-0.3, -0.25) is 10.1 Å². The topological polar surface area (TPSA) is 38.3 Å². The minimum atomic E-state index is -0.362.